The molecule has 0 aromatic heterocycles. The number of rotatable bonds is 11. The van der Waals surface area contributed by atoms with E-state index in [0.29, 0.717) is 43.2 Å². The van der Waals surface area contributed by atoms with Crippen molar-refractivity contribution >= 4 is 11.8 Å². The van der Waals surface area contributed by atoms with Crippen molar-refractivity contribution in [1.29, 1.82) is 0 Å². The van der Waals surface area contributed by atoms with Crippen LogP contribution in [0.4, 0.5) is 4.39 Å². The smallest absolute Gasteiger partial charge is 0.251 e. The number of ether oxygens (including phenoxy) is 2. The minimum absolute atomic E-state index is 0.112. The summed E-state index contributed by atoms with van der Waals surface area (Å²) < 4.78 is 24.3. The molecule has 31 heavy (non-hydrogen) atoms. The van der Waals surface area contributed by atoms with Crippen molar-refractivity contribution in [2.75, 3.05) is 19.8 Å². The van der Waals surface area contributed by atoms with Crippen molar-refractivity contribution in [3.63, 3.8) is 0 Å². The van der Waals surface area contributed by atoms with E-state index in [-0.39, 0.29) is 11.8 Å². The maximum Gasteiger partial charge on any atom is 0.251 e. The highest BCUT2D eigenvalue weighted by Gasteiger charge is 2.24. The zero-order chi connectivity index (χ0) is 22.8. The second-order valence-corrected chi connectivity index (χ2v) is 7.39. The van der Waals surface area contributed by atoms with E-state index in [0.717, 1.165) is 5.56 Å². The van der Waals surface area contributed by atoms with Gasteiger partial charge in [-0.05, 0) is 68.1 Å². The molecule has 0 aliphatic carbocycles. The molecule has 0 radical (unpaired) electrons. The van der Waals surface area contributed by atoms with Crippen LogP contribution in [0.3, 0.4) is 0 Å². The first-order valence-electron chi connectivity index (χ1n) is 10.6. The number of carbonyl (C=O) groups is 2. The van der Waals surface area contributed by atoms with Crippen molar-refractivity contribution in [1.82, 2.24) is 10.6 Å². The lowest BCUT2D eigenvalue weighted by Crippen LogP contribution is -2.50. The molecule has 0 aliphatic rings. The van der Waals surface area contributed by atoms with Crippen LogP contribution in [-0.2, 0) is 11.2 Å². The molecule has 2 rings (SSSR count). The van der Waals surface area contributed by atoms with Crippen molar-refractivity contribution in [3.05, 3.63) is 59.4 Å². The minimum Gasteiger partial charge on any atom is -0.490 e. The first-order valence-corrected chi connectivity index (χ1v) is 10.6. The molecule has 0 heterocycles. The number of carbonyl (C=O) groups excluding carboxylic acids is 2. The van der Waals surface area contributed by atoms with E-state index in [9.17, 15) is 14.0 Å². The van der Waals surface area contributed by atoms with E-state index in [2.05, 4.69) is 10.6 Å². The van der Waals surface area contributed by atoms with E-state index in [1.54, 1.807) is 0 Å². The largest absolute Gasteiger partial charge is 0.490 e. The van der Waals surface area contributed by atoms with Gasteiger partial charge in [0.2, 0.25) is 5.91 Å². The molecule has 6 nitrogen and oxygen atoms in total. The first kappa shape index (κ1) is 24.2. The van der Waals surface area contributed by atoms with Gasteiger partial charge in [-0.3, -0.25) is 9.59 Å². The van der Waals surface area contributed by atoms with Gasteiger partial charge in [0.15, 0.2) is 11.5 Å². The molecule has 0 spiro atoms. The van der Waals surface area contributed by atoms with Crippen molar-refractivity contribution < 1.29 is 23.5 Å². The van der Waals surface area contributed by atoms with Gasteiger partial charge in [0, 0.05) is 12.1 Å². The molecule has 2 aromatic carbocycles. The molecule has 0 bridgehead atoms. The topological polar surface area (TPSA) is 76.7 Å². The fourth-order valence-corrected chi connectivity index (χ4v) is 3.05. The number of hydrogen-bond acceptors (Lipinski definition) is 4. The monoisotopic (exact) mass is 430 g/mol. The van der Waals surface area contributed by atoms with E-state index >= 15 is 0 Å². The Kier molecular flexibility index (Phi) is 9.31. The van der Waals surface area contributed by atoms with Crippen molar-refractivity contribution in [2.24, 2.45) is 5.92 Å². The molecule has 0 fully saturated rings. The molecule has 2 amide bonds. The number of halogens is 1. The normalized spacial score (nSPS) is 11.7. The molecule has 168 valence electrons. The van der Waals surface area contributed by atoms with Gasteiger partial charge in [-0.2, -0.15) is 0 Å². The van der Waals surface area contributed by atoms with Gasteiger partial charge in [-0.15, -0.1) is 0 Å². The zero-order valence-electron chi connectivity index (χ0n) is 18.5. The standard InChI is InChI=1S/C24H31FN2O4/c1-5-30-20-12-7-17(15-21(20)31-6-2)13-14-26-24(29)22(16(3)4)27-23(28)18-8-10-19(25)11-9-18/h7-12,15-16,22H,5-6,13-14H2,1-4H3,(H,26,29)(H,27,28)/t22-/m0/s1. The number of benzene rings is 2. The van der Waals surface area contributed by atoms with Gasteiger partial charge in [-0.1, -0.05) is 19.9 Å². The van der Waals surface area contributed by atoms with Crippen molar-refractivity contribution in [3.8, 4) is 11.5 Å². The summed E-state index contributed by atoms with van der Waals surface area (Å²) in [6.07, 6.45) is 0.606. The molecule has 7 heteroatoms. The summed E-state index contributed by atoms with van der Waals surface area (Å²) in [5.41, 5.74) is 1.31. The lowest BCUT2D eigenvalue weighted by Gasteiger charge is -2.22. The quantitative estimate of drug-likeness (QED) is 0.569. The highest BCUT2D eigenvalue weighted by molar-refractivity contribution is 5.97. The van der Waals surface area contributed by atoms with Gasteiger partial charge in [0.05, 0.1) is 13.2 Å². The molecule has 2 aromatic rings. The van der Waals surface area contributed by atoms with E-state index in [1.807, 2.05) is 45.9 Å². The van der Waals surface area contributed by atoms with Crippen LogP contribution in [0.2, 0.25) is 0 Å². The summed E-state index contributed by atoms with van der Waals surface area (Å²) in [4.78, 5) is 25.1. The number of nitrogens with one attached hydrogen (secondary N) is 2. The van der Waals surface area contributed by atoms with Crippen LogP contribution in [0, 0.1) is 11.7 Å². The Hall–Kier alpha value is -3.09. The maximum atomic E-state index is 13.1. The molecule has 1 atom stereocenters. The highest BCUT2D eigenvalue weighted by Crippen LogP contribution is 2.28. The summed E-state index contributed by atoms with van der Waals surface area (Å²) >= 11 is 0. The Balaban J connectivity index is 1.95. The van der Waals surface area contributed by atoms with Crippen LogP contribution in [0.15, 0.2) is 42.5 Å². The molecule has 0 saturated heterocycles. The van der Waals surface area contributed by atoms with Crippen LogP contribution in [0.5, 0.6) is 11.5 Å². The molecule has 0 saturated carbocycles. The Bertz CT molecular complexity index is 868. The lowest BCUT2D eigenvalue weighted by molar-refractivity contribution is -0.123. The highest BCUT2D eigenvalue weighted by atomic mass is 19.1. The second-order valence-electron chi connectivity index (χ2n) is 7.39. The molecule has 0 aliphatic heterocycles. The fraction of sp³-hybridized carbons (Fsp3) is 0.417. The molecular weight excluding hydrogens is 399 g/mol. The minimum atomic E-state index is -0.697. The Morgan fingerprint density at radius 2 is 1.61 bits per heavy atom. The summed E-state index contributed by atoms with van der Waals surface area (Å²) in [7, 11) is 0. The van der Waals surface area contributed by atoms with Crippen LogP contribution >= 0.6 is 0 Å². The Morgan fingerprint density at radius 1 is 0.968 bits per heavy atom. The van der Waals surface area contributed by atoms with Crippen LogP contribution in [0.1, 0.15) is 43.6 Å². The van der Waals surface area contributed by atoms with Crippen LogP contribution in [0.25, 0.3) is 0 Å². The third kappa shape index (κ3) is 7.27. The van der Waals surface area contributed by atoms with Gasteiger partial charge in [0.1, 0.15) is 11.9 Å². The average molecular weight is 431 g/mol. The fourth-order valence-electron chi connectivity index (χ4n) is 3.05. The lowest BCUT2D eigenvalue weighted by atomic mass is 10.0. The predicted molar refractivity (Wildman–Crippen MR) is 118 cm³/mol. The van der Waals surface area contributed by atoms with Crippen LogP contribution < -0.4 is 20.1 Å². The van der Waals surface area contributed by atoms with Gasteiger partial charge in [0.25, 0.3) is 5.91 Å². The molecule has 0 unspecified atom stereocenters. The van der Waals surface area contributed by atoms with Gasteiger partial charge >= 0.3 is 0 Å². The average Bonchev–Trinajstić information content (AvgIpc) is 2.74. The summed E-state index contributed by atoms with van der Waals surface area (Å²) in [6.45, 7) is 9.04. The first-order chi connectivity index (χ1) is 14.8. The second kappa shape index (κ2) is 11.9. The molecular formula is C24H31FN2O4. The number of hydrogen-bond donors (Lipinski definition) is 2. The van der Waals surface area contributed by atoms with Crippen molar-refractivity contribution in [2.45, 2.75) is 40.2 Å². The third-order valence-electron chi connectivity index (χ3n) is 4.66. The molecule has 2 N–H and O–H groups in total. The summed E-state index contributed by atoms with van der Waals surface area (Å²) in [5.74, 6) is 0.166. The zero-order valence-corrected chi connectivity index (χ0v) is 18.5. The summed E-state index contributed by atoms with van der Waals surface area (Å²) in [5, 5.41) is 5.62. The Labute approximate surface area is 183 Å². The number of amides is 2. The Morgan fingerprint density at radius 3 is 2.23 bits per heavy atom. The van der Waals surface area contributed by atoms with E-state index < -0.39 is 17.8 Å². The summed E-state index contributed by atoms with van der Waals surface area (Å²) in [6, 6.07) is 10.2. The van der Waals surface area contributed by atoms with Gasteiger partial charge in [-0.25, -0.2) is 4.39 Å². The maximum absolute atomic E-state index is 13.1. The van der Waals surface area contributed by atoms with Crippen LogP contribution in [-0.4, -0.2) is 37.6 Å². The van der Waals surface area contributed by atoms with E-state index in [4.69, 9.17) is 9.47 Å². The SMILES string of the molecule is CCOc1ccc(CCNC(=O)[C@@H](NC(=O)c2ccc(F)cc2)C(C)C)cc1OCC. The van der Waals surface area contributed by atoms with Gasteiger partial charge < -0.3 is 20.1 Å². The third-order valence-corrected chi connectivity index (χ3v) is 4.66. The predicted octanol–water partition coefficient (Wildman–Crippen LogP) is 3.74. The van der Waals surface area contributed by atoms with E-state index in [1.165, 1.54) is 24.3 Å².